The van der Waals surface area contributed by atoms with Gasteiger partial charge in [-0.05, 0) is 24.6 Å². The van der Waals surface area contributed by atoms with Crippen LogP contribution in [0.3, 0.4) is 0 Å². The first-order chi connectivity index (χ1) is 9.53. The second-order valence-corrected chi connectivity index (χ2v) is 5.65. The van der Waals surface area contributed by atoms with Gasteiger partial charge in [-0.3, -0.25) is 4.72 Å². The third-order valence-electron chi connectivity index (χ3n) is 2.43. The first-order valence-corrected chi connectivity index (χ1v) is 7.24. The Morgan fingerprint density at radius 2 is 2.20 bits per heavy atom. The molecule has 2 aromatic rings. The second kappa shape index (κ2) is 5.77. The number of hydrogen-bond acceptors (Lipinski definition) is 5. The van der Waals surface area contributed by atoms with E-state index in [-0.39, 0.29) is 17.3 Å². The maximum Gasteiger partial charge on any atom is 0.264 e. The number of benzene rings is 1. The van der Waals surface area contributed by atoms with E-state index in [1.807, 2.05) is 6.92 Å². The molecule has 7 heteroatoms. The van der Waals surface area contributed by atoms with Crippen molar-refractivity contribution in [3.63, 3.8) is 0 Å². The lowest BCUT2D eigenvalue weighted by Crippen LogP contribution is -2.14. The van der Waals surface area contributed by atoms with E-state index in [9.17, 15) is 8.42 Å². The van der Waals surface area contributed by atoms with Crippen LogP contribution in [-0.4, -0.2) is 20.1 Å². The Morgan fingerprint density at radius 1 is 1.40 bits per heavy atom. The van der Waals surface area contributed by atoms with Gasteiger partial charge in [0.1, 0.15) is 11.2 Å². The van der Waals surface area contributed by atoms with E-state index < -0.39 is 10.0 Å². The third-order valence-corrected chi connectivity index (χ3v) is 3.84. The summed E-state index contributed by atoms with van der Waals surface area (Å²) in [6.45, 7) is 2.01. The first-order valence-electron chi connectivity index (χ1n) is 5.76. The van der Waals surface area contributed by atoms with Gasteiger partial charge in [0, 0.05) is 11.6 Å². The fraction of sp³-hybridized carbons (Fsp3) is 0.154. The van der Waals surface area contributed by atoms with E-state index in [2.05, 4.69) is 26.2 Å². The summed E-state index contributed by atoms with van der Waals surface area (Å²) >= 11 is 0. The van der Waals surface area contributed by atoms with Crippen LogP contribution in [0, 0.1) is 18.8 Å². The van der Waals surface area contributed by atoms with Gasteiger partial charge in [0.2, 0.25) is 0 Å². The van der Waals surface area contributed by atoms with Gasteiger partial charge in [0.25, 0.3) is 10.0 Å². The van der Waals surface area contributed by atoms with E-state index in [1.165, 1.54) is 18.4 Å². The van der Waals surface area contributed by atoms with Crippen molar-refractivity contribution < 1.29 is 12.9 Å². The predicted molar refractivity (Wildman–Crippen MR) is 74.4 cm³/mol. The average molecular weight is 291 g/mol. The summed E-state index contributed by atoms with van der Waals surface area (Å²) in [4.78, 5) is 0.0760. The van der Waals surface area contributed by atoms with Crippen LogP contribution in [0.15, 0.2) is 39.9 Å². The summed E-state index contributed by atoms with van der Waals surface area (Å²) in [7, 11) is -3.78. The van der Waals surface area contributed by atoms with Crippen LogP contribution in [0.5, 0.6) is 0 Å². The molecule has 6 nitrogen and oxygen atoms in total. The van der Waals surface area contributed by atoms with Gasteiger partial charge < -0.3 is 10.3 Å². The summed E-state index contributed by atoms with van der Waals surface area (Å²) < 4.78 is 31.5. The average Bonchev–Trinajstić information content (AvgIpc) is 2.88. The van der Waals surface area contributed by atoms with Gasteiger partial charge in [-0.15, -0.1) is 0 Å². The Kier molecular flexibility index (Phi) is 4.08. The van der Waals surface area contributed by atoms with Gasteiger partial charge in [0.15, 0.2) is 5.82 Å². The molecule has 104 valence electrons. The highest BCUT2D eigenvalue weighted by Crippen LogP contribution is 2.19. The van der Waals surface area contributed by atoms with Crippen molar-refractivity contribution in [1.82, 2.24) is 5.16 Å². The third kappa shape index (κ3) is 3.17. The van der Waals surface area contributed by atoms with Gasteiger partial charge in [-0.1, -0.05) is 23.1 Å². The van der Waals surface area contributed by atoms with Crippen molar-refractivity contribution in [3.8, 4) is 11.8 Å². The summed E-state index contributed by atoms with van der Waals surface area (Å²) in [5, 5.41) is 3.51. The number of aryl methyl sites for hydroxylation is 1. The zero-order chi connectivity index (χ0) is 14.6. The SMILES string of the molecule is Cc1ccc(S(=O)(=O)Nc2ccon2)c(C#CCN)c1. The molecule has 0 amide bonds. The van der Waals surface area contributed by atoms with Crippen molar-refractivity contribution in [2.24, 2.45) is 5.73 Å². The summed E-state index contributed by atoms with van der Waals surface area (Å²) in [5.74, 6) is 5.53. The lowest BCUT2D eigenvalue weighted by atomic mass is 10.1. The number of nitrogens with two attached hydrogens (primary N) is 1. The molecule has 0 fully saturated rings. The van der Waals surface area contributed by atoms with Crippen LogP contribution in [0.2, 0.25) is 0 Å². The topological polar surface area (TPSA) is 98.2 Å². The molecule has 0 spiro atoms. The Balaban J connectivity index is 2.45. The molecule has 0 saturated heterocycles. The highest BCUT2D eigenvalue weighted by atomic mass is 32.2. The van der Waals surface area contributed by atoms with Gasteiger partial charge in [0.05, 0.1) is 6.54 Å². The molecule has 2 rings (SSSR count). The standard InChI is InChI=1S/C13H13N3O3S/c1-10-4-5-12(11(9-10)3-2-7-14)20(17,18)16-13-6-8-19-15-13/h4-6,8-9H,7,14H2,1H3,(H,15,16). The lowest BCUT2D eigenvalue weighted by molar-refractivity contribution is 0.423. The molecule has 0 atom stereocenters. The van der Waals surface area contributed by atoms with E-state index in [0.717, 1.165) is 5.56 Å². The van der Waals surface area contributed by atoms with E-state index >= 15 is 0 Å². The van der Waals surface area contributed by atoms with Gasteiger partial charge >= 0.3 is 0 Å². The smallest absolute Gasteiger partial charge is 0.264 e. The fourth-order valence-corrected chi connectivity index (χ4v) is 2.72. The van der Waals surface area contributed by atoms with Crippen LogP contribution < -0.4 is 10.5 Å². The molecule has 3 N–H and O–H groups in total. The Morgan fingerprint density at radius 3 is 2.85 bits per heavy atom. The van der Waals surface area contributed by atoms with E-state index in [0.29, 0.717) is 5.56 Å². The number of aromatic nitrogens is 1. The van der Waals surface area contributed by atoms with Crippen molar-refractivity contribution in [2.45, 2.75) is 11.8 Å². The maximum atomic E-state index is 12.3. The summed E-state index contributed by atoms with van der Waals surface area (Å²) in [6.07, 6.45) is 1.28. The highest BCUT2D eigenvalue weighted by molar-refractivity contribution is 7.92. The Hall–Kier alpha value is -2.30. The predicted octanol–water partition coefficient (Wildman–Crippen LogP) is 1.09. The van der Waals surface area contributed by atoms with Crippen molar-refractivity contribution in [2.75, 3.05) is 11.3 Å². The van der Waals surface area contributed by atoms with Crippen molar-refractivity contribution in [1.29, 1.82) is 0 Å². The van der Waals surface area contributed by atoms with Crippen molar-refractivity contribution >= 4 is 15.8 Å². The zero-order valence-electron chi connectivity index (χ0n) is 10.8. The second-order valence-electron chi connectivity index (χ2n) is 4.00. The minimum atomic E-state index is -3.78. The number of hydrogen-bond donors (Lipinski definition) is 2. The fourth-order valence-electron chi connectivity index (χ4n) is 1.58. The minimum Gasteiger partial charge on any atom is -0.363 e. The molecule has 0 aliphatic rings. The molecule has 0 bridgehead atoms. The van der Waals surface area contributed by atoms with Crippen LogP contribution in [0.25, 0.3) is 0 Å². The number of nitrogens with one attached hydrogen (secondary N) is 1. The molecule has 1 aromatic heterocycles. The quantitative estimate of drug-likeness (QED) is 0.825. The molecule has 0 aliphatic carbocycles. The van der Waals surface area contributed by atoms with E-state index in [1.54, 1.807) is 12.1 Å². The summed E-state index contributed by atoms with van der Waals surface area (Å²) in [5.41, 5.74) is 6.63. The molecule has 20 heavy (non-hydrogen) atoms. The van der Waals surface area contributed by atoms with Gasteiger partial charge in [-0.25, -0.2) is 8.42 Å². The van der Waals surface area contributed by atoms with Crippen LogP contribution in [-0.2, 0) is 10.0 Å². The molecular formula is C13H13N3O3S. The normalized spacial score (nSPS) is 10.7. The maximum absolute atomic E-state index is 12.3. The molecular weight excluding hydrogens is 278 g/mol. The summed E-state index contributed by atoms with van der Waals surface area (Å²) in [6, 6.07) is 6.31. The largest absolute Gasteiger partial charge is 0.363 e. The van der Waals surface area contributed by atoms with Crippen molar-refractivity contribution in [3.05, 3.63) is 41.7 Å². The number of rotatable bonds is 3. The van der Waals surface area contributed by atoms with Crippen LogP contribution in [0.4, 0.5) is 5.82 Å². The highest BCUT2D eigenvalue weighted by Gasteiger charge is 2.19. The first kappa shape index (κ1) is 14.1. The van der Waals surface area contributed by atoms with Gasteiger partial charge in [-0.2, -0.15) is 0 Å². The number of anilines is 1. The molecule has 0 aliphatic heterocycles. The zero-order valence-corrected chi connectivity index (χ0v) is 11.6. The monoisotopic (exact) mass is 291 g/mol. The minimum absolute atomic E-state index is 0.0760. The van der Waals surface area contributed by atoms with E-state index in [4.69, 9.17) is 5.73 Å². The number of nitrogens with zero attached hydrogens (tertiary/aromatic N) is 1. The molecule has 0 radical (unpaired) electrons. The van der Waals surface area contributed by atoms with Crippen LogP contribution >= 0.6 is 0 Å². The number of sulfonamides is 1. The molecule has 0 saturated carbocycles. The van der Waals surface area contributed by atoms with Crippen LogP contribution in [0.1, 0.15) is 11.1 Å². The Bertz CT molecular complexity index is 756. The Labute approximate surface area is 117 Å². The molecule has 0 unspecified atom stereocenters. The lowest BCUT2D eigenvalue weighted by Gasteiger charge is -2.08. The molecule has 1 heterocycles. The molecule has 1 aromatic carbocycles.